The van der Waals surface area contributed by atoms with Gasteiger partial charge in [-0.15, -0.1) is 0 Å². The fraction of sp³-hybridized carbons (Fsp3) is 0.429. The molecular weight excluding hydrogens is 394 g/mol. The number of likely N-dealkylation sites (tertiary alicyclic amines) is 1. The normalized spacial score (nSPS) is 16.7. The number of aromatic nitrogens is 3. The van der Waals surface area contributed by atoms with Gasteiger partial charge in [0.15, 0.2) is 0 Å². The quantitative estimate of drug-likeness (QED) is 0.638. The third-order valence-corrected chi connectivity index (χ3v) is 5.59. The largest absolute Gasteiger partial charge is 0.361 e. The number of halogens is 2. The molecule has 2 aromatic heterocycles. The zero-order valence-corrected chi connectivity index (χ0v) is 16.8. The van der Waals surface area contributed by atoms with Gasteiger partial charge in [-0.3, -0.25) is 14.2 Å². The molecule has 1 fully saturated rings. The minimum atomic E-state index is -2.71. The Hall–Kier alpha value is -3.10. The van der Waals surface area contributed by atoms with E-state index < -0.39 is 24.6 Å². The molecule has 1 unspecified atom stereocenters. The molecule has 1 saturated heterocycles. The van der Waals surface area contributed by atoms with Gasteiger partial charge in [0, 0.05) is 12.1 Å². The summed E-state index contributed by atoms with van der Waals surface area (Å²) in [6.45, 7) is 3.24. The zero-order valence-electron chi connectivity index (χ0n) is 16.8. The first-order valence-corrected chi connectivity index (χ1v) is 9.85. The molecule has 0 aliphatic carbocycles. The van der Waals surface area contributed by atoms with E-state index in [-0.39, 0.29) is 23.5 Å². The Morgan fingerprint density at radius 1 is 1.30 bits per heavy atom. The van der Waals surface area contributed by atoms with E-state index in [4.69, 9.17) is 4.52 Å². The van der Waals surface area contributed by atoms with Crippen LogP contribution in [0.25, 0.3) is 10.9 Å². The number of alkyl halides is 2. The summed E-state index contributed by atoms with van der Waals surface area (Å²) in [6.07, 6.45) is -1.35. The standard InChI is InChI=1S/C21H22F2N4O3/c1-12-15(13(2)30-25-12)10-19(28)26-9-5-8-17(26)20-24-16-7-4-3-6-14(16)21(29)27(20)11-18(22)23/h3-4,6-7,17-18H,5,8-11H2,1-2H3. The number of carbonyl (C=O) groups excluding carboxylic acids is 1. The Morgan fingerprint density at radius 2 is 2.07 bits per heavy atom. The molecule has 158 valence electrons. The molecule has 0 spiro atoms. The number of hydrogen-bond donors (Lipinski definition) is 0. The van der Waals surface area contributed by atoms with Crippen molar-refractivity contribution in [2.75, 3.05) is 6.54 Å². The van der Waals surface area contributed by atoms with Crippen molar-refractivity contribution < 1.29 is 18.1 Å². The molecular formula is C21H22F2N4O3. The minimum Gasteiger partial charge on any atom is -0.361 e. The van der Waals surface area contributed by atoms with E-state index in [0.717, 1.165) is 10.1 Å². The second-order valence-corrected chi connectivity index (χ2v) is 7.52. The summed E-state index contributed by atoms with van der Waals surface area (Å²) in [5, 5.41) is 4.16. The molecule has 1 aromatic carbocycles. The molecule has 0 radical (unpaired) electrons. The number of aryl methyl sites for hydroxylation is 2. The number of rotatable bonds is 5. The van der Waals surface area contributed by atoms with Gasteiger partial charge in [-0.05, 0) is 38.8 Å². The van der Waals surface area contributed by atoms with E-state index in [2.05, 4.69) is 10.1 Å². The van der Waals surface area contributed by atoms with Crippen LogP contribution in [-0.4, -0.2) is 38.5 Å². The summed E-state index contributed by atoms with van der Waals surface area (Å²) < 4.78 is 32.7. The third-order valence-electron chi connectivity index (χ3n) is 5.59. The first-order valence-electron chi connectivity index (χ1n) is 9.85. The number of hydrogen-bond acceptors (Lipinski definition) is 5. The number of fused-ring (bicyclic) bond motifs is 1. The van der Waals surface area contributed by atoms with Gasteiger partial charge in [0.1, 0.15) is 11.6 Å². The van der Waals surface area contributed by atoms with E-state index >= 15 is 0 Å². The average Bonchev–Trinajstić information content (AvgIpc) is 3.32. The highest BCUT2D eigenvalue weighted by molar-refractivity contribution is 5.80. The maximum atomic E-state index is 13.3. The first kappa shape index (κ1) is 20.2. The van der Waals surface area contributed by atoms with Gasteiger partial charge in [-0.1, -0.05) is 17.3 Å². The van der Waals surface area contributed by atoms with Crippen molar-refractivity contribution in [3.05, 3.63) is 57.5 Å². The van der Waals surface area contributed by atoms with E-state index in [1.807, 2.05) is 0 Å². The Kier molecular flexibility index (Phi) is 5.36. The van der Waals surface area contributed by atoms with E-state index in [1.165, 1.54) is 0 Å². The molecule has 9 heteroatoms. The Morgan fingerprint density at radius 3 is 2.77 bits per heavy atom. The summed E-state index contributed by atoms with van der Waals surface area (Å²) in [4.78, 5) is 32.2. The van der Waals surface area contributed by atoms with Gasteiger partial charge < -0.3 is 9.42 Å². The van der Waals surface area contributed by atoms with E-state index in [9.17, 15) is 18.4 Å². The van der Waals surface area contributed by atoms with Crippen LogP contribution in [0.15, 0.2) is 33.6 Å². The maximum absolute atomic E-state index is 13.3. The lowest BCUT2D eigenvalue weighted by Gasteiger charge is -2.27. The van der Waals surface area contributed by atoms with Crippen LogP contribution >= 0.6 is 0 Å². The average molecular weight is 416 g/mol. The highest BCUT2D eigenvalue weighted by Crippen LogP contribution is 2.32. The molecule has 7 nitrogen and oxygen atoms in total. The molecule has 1 aliphatic rings. The second kappa shape index (κ2) is 7.97. The zero-order chi connectivity index (χ0) is 21.4. The SMILES string of the molecule is Cc1noc(C)c1CC(=O)N1CCCC1c1nc2ccccc2c(=O)n1CC(F)F. The lowest BCUT2D eigenvalue weighted by molar-refractivity contribution is -0.131. The van der Waals surface area contributed by atoms with Crippen molar-refractivity contribution in [2.24, 2.45) is 0 Å². The third kappa shape index (κ3) is 3.59. The molecule has 1 atom stereocenters. The molecule has 0 N–H and O–H groups in total. The number of para-hydroxylation sites is 1. The minimum absolute atomic E-state index is 0.102. The molecule has 1 amide bonds. The highest BCUT2D eigenvalue weighted by Gasteiger charge is 2.34. The van der Waals surface area contributed by atoms with Crippen molar-refractivity contribution in [2.45, 2.75) is 52.1 Å². The molecule has 4 rings (SSSR count). The fourth-order valence-electron chi connectivity index (χ4n) is 4.09. The molecule has 3 heterocycles. The van der Waals surface area contributed by atoms with Crippen LogP contribution in [0, 0.1) is 13.8 Å². The van der Waals surface area contributed by atoms with Crippen molar-refractivity contribution in [1.82, 2.24) is 19.6 Å². The summed E-state index contributed by atoms with van der Waals surface area (Å²) in [6, 6.07) is 6.13. The van der Waals surface area contributed by atoms with Gasteiger partial charge >= 0.3 is 0 Å². The Labute approximate surface area is 171 Å². The van der Waals surface area contributed by atoms with Crippen molar-refractivity contribution in [3.8, 4) is 0 Å². The molecule has 0 bridgehead atoms. The van der Waals surface area contributed by atoms with Gasteiger partial charge in [0.05, 0.1) is 35.6 Å². The van der Waals surface area contributed by atoms with Crippen LogP contribution in [0.4, 0.5) is 8.78 Å². The van der Waals surface area contributed by atoms with E-state index in [1.54, 1.807) is 43.0 Å². The lowest BCUT2D eigenvalue weighted by Crippen LogP contribution is -2.37. The van der Waals surface area contributed by atoms with Crippen molar-refractivity contribution in [3.63, 3.8) is 0 Å². The number of nitrogens with zero attached hydrogens (tertiary/aromatic N) is 4. The van der Waals surface area contributed by atoms with Crippen molar-refractivity contribution >= 4 is 16.8 Å². The van der Waals surface area contributed by atoms with Crippen LogP contribution < -0.4 is 5.56 Å². The number of amides is 1. The molecule has 0 saturated carbocycles. The topological polar surface area (TPSA) is 81.2 Å². The van der Waals surface area contributed by atoms with Gasteiger partial charge in [0.2, 0.25) is 5.91 Å². The maximum Gasteiger partial charge on any atom is 0.261 e. The second-order valence-electron chi connectivity index (χ2n) is 7.52. The molecule has 30 heavy (non-hydrogen) atoms. The van der Waals surface area contributed by atoms with Crippen LogP contribution in [0.2, 0.25) is 0 Å². The molecule has 3 aromatic rings. The number of benzene rings is 1. The highest BCUT2D eigenvalue weighted by atomic mass is 19.3. The van der Waals surface area contributed by atoms with Gasteiger partial charge in [-0.25, -0.2) is 13.8 Å². The smallest absolute Gasteiger partial charge is 0.261 e. The van der Waals surface area contributed by atoms with Gasteiger partial charge in [-0.2, -0.15) is 0 Å². The fourth-order valence-corrected chi connectivity index (χ4v) is 4.09. The monoisotopic (exact) mass is 416 g/mol. The lowest BCUT2D eigenvalue weighted by atomic mass is 10.1. The number of carbonyl (C=O) groups is 1. The van der Waals surface area contributed by atoms with Crippen LogP contribution in [0.5, 0.6) is 0 Å². The summed E-state index contributed by atoms with van der Waals surface area (Å²) >= 11 is 0. The summed E-state index contributed by atoms with van der Waals surface area (Å²) in [5.74, 6) is 0.622. The predicted octanol–water partition coefficient (Wildman–Crippen LogP) is 3.17. The first-order chi connectivity index (χ1) is 14.4. The summed E-state index contributed by atoms with van der Waals surface area (Å²) in [5.41, 5.74) is 1.30. The Bertz CT molecular complexity index is 1140. The molecule has 1 aliphatic heterocycles. The van der Waals surface area contributed by atoms with E-state index in [0.29, 0.717) is 36.4 Å². The predicted molar refractivity (Wildman–Crippen MR) is 105 cm³/mol. The van der Waals surface area contributed by atoms with Crippen LogP contribution in [0.3, 0.4) is 0 Å². The van der Waals surface area contributed by atoms with Crippen LogP contribution in [0.1, 0.15) is 41.7 Å². The Balaban J connectivity index is 1.74. The van der Waals surface area contributed by atoms with Crippen molar-refractivity contribution in [1.29, 1.82) is 0 Å². The summed E-state index contributed by atoms with van der Waals surface area (Å²) in [7, 11) is 0. The van der Waals surface area contributed by atoms with Gasteiger partial charge in [0.25, 0.3) is 12.0 Å². The van der Waals surface area contributed by atoms with Crippen LogP contribution in [-0.2, 0) is 17.8 Å².